The Kier molecular flexibility index (Phi) is 12.9. The minimum atomic E-state index is -4.60. The largest absolute Gasteiger partial charge is 0.455 e. The Balaban J connectivity index is 0.922. The van der Waals surface area contributed by atoms with Gasteiger partial charge in [-0.15, -0.1) is 11.3 Å². The monoisotopic (exact) mass is 936 g/mol. The number of anilines is 2. The molecule has 2 saturated heterocycles. The quantitative estimate of drug-likeness (QED) is 0.0699. The van der Waals surface area contributed by atoms with Crippen molar-refractivity contribution in [2.75, 3.05) is 69.3 Å². The van der Waals surface area contributed by atoms with Crippen LogP contribution in [0.2, 0.25) is 0 Å². The summed E-state index contributed by atoms with van der Waals surface area (Å²) in [6.07, 6.45) is 7.23. The van der Waals surface area contributed by atoms with Crippen LogP contribution >= 0.6 is 11.3 Å². The number of pyridine rings is 2. The summed E-state index contributed by atoms with van der Waals surface area (Å²) < 4.78 is 60.4. The molecule has 9 rings (SSSR count). The van der Waals surface area contributed by atoms with E-state index in [9.17, 15) is 27.7 Å². The number of benzene rings is 2. The first-order valence-electron chi connectivity index (χ1n) is 21.7. The van der Waals surface area contributed by atoms with Gasteiger partial charge >= 0.3 is 0 Å². The first-order chi connectivity index (χ1) is 31.8. The number of hydrogen-bond donors (Lipinski definition) is 3. The molecule has 344 valence electrons. The van der Waals surface area contributed by atoms with E-state index >= 15 is 0 Å². The molecular formula is C47H49FN8O8S2. The summed E-state index contributed by atoms with van der Waals surface area (Å²) in [6.45, 7) is 9.80. The number of ether oxygens (including phenoxy) is 3. The molecule has 19 heteroatoms. The molecule has 0 radical (unpaired) electrons. The number of nitrogens with zero attached hydrogens (tertiary/aromatic N) is 5. The molecule has 3 aliphatic rings. The lowest BCUT2D eigenvalue weighted by Gasteiger charge is -2.39. The number of aromatic amines is 1. The fourth-order valence-corrected chi connectivity index (χ4v) is 10.5. The number of rotatable bonds is 14. The summed E-state index contributed by atoms with van der Waals surface area (Å²) in [5, 5.41) is 17.9. The van der Waals surface area contributed by atoms with Gasteiger partial charge in [-0.1, -0.05) is 19.4 Å². The number of halogens is 1. The molecule has 2 fully saturated rings. The van der Waals surface area contributed by atoms with Crippen molar-refractivity contribution in [2.45, 2.75) is 44.1 Å². The van der Waals surface area contributed by atoms with Crippen LogP contribution in [0.3, 0.4) is 0 Å². The zero-order valence-electron chi connectivity index (χ0n) is 36.4. The van der Waals surface area contributed by atoms with Gasteiger partial charge in [0.1, 0.15) is 28.7 Å². The summed E-state index contributed by atoms with van der Waals surface area (Å²) in [6, 6.07) is 17.3. The summed E-state index contributed by atoms with van der Waals surface area (Å²) in [5.74, 6) is -0.912. The van der Waals surface area contributed by atoms with E-state index in [2.05, 4.69) is 60.1 Å². The maximum atomic E-state index is 14.0. The molecule has 0 unspecified atom stereocenters. The number of sulfonamides is 1. The highest BCUT2D eigenvalue weighted by Crippen LogP contribution is 2.45. The molecule has 16 nitrogen and oxygen atoms in total. The number of nitro groups is 1. The van der Waals surface area contributed by atoms with Gasteiger partial charge in [0, 0.05) is 84.5 Å². The smallest absolute Gasteiger partial charge is 0.293 e. The minimum absolute atomic E-state index is 0.0655. The number of carbonyl (C=O) groups excluding carboxylic acids is 1. The lowest BCUT2D eigenvalue weighted by atomic mass is 9.73. The van der Waals surface area contributed by atoms with Crippen LogP contribution in [0, 0.1) is 21.3 Å². The van der Waals surface area contributed by atoms with E-state index in [1.807, 2.05) is 6.07 Å². The zero-order valence-corrected chi connectivity index (χ0v) is 38.1. The average Bonchev–Trinajstić information content (AvgIpc) is 4.00. The topological polar surface area (TPSA) is 194 Å². The summed E-state index contributed by atoms with van der Waals surface area (Å²) >= 11 is 1.70. The summed E-state index contributed by atoms with van der Waals surface area (Å²) in [7, 11) is -4.60. The Morgan fingerprint density at radius 2 is 1.89 bits per heavy atom. The molecular weight excluding hydrogens is 888 g/mol. The number of thiophene rings is 1. The zero-order chi connectivity index (χ0) is 46.0. The van der Waals surface area contributed by atoms with Gasteiger partial charge < -0.3 is 29.4 Å². The molecule has 66 heavy (non-hydrogen) atoms. The molecule has 6 aromatic rings. The number of H-pyrrole nitrogens is 1. The number of hydrogen-bond acceptors (Lipinski definition) is 14. The van der Waals surface area contributed by atoms with Crippen LogP contribution in [0.5, 0.6) is 11.5 Å². The normalized spacial score (nSPS) is 18.0. The maximum absolute atomic E-state index is 14.0. The van der Waals surface area contributed by atoms with Crippen LogP contribution in [0.1, 0.15) is 48.3 Å². The number of piperazine rings is 1. The third kappa shape index (κ3) is 10.2. The Hall–Kier alpha value is -6.25. The van der Waals surface area contributed by atoms with Crippen LogP contribution < -0.4 is 19.7 Å². The fraction of sp³-hybridized carbons (Fsp3) is 0.340. The molecule has 1 atom stereocenters. The third-order valence-corrected chi connectivity index (χ3v) is 14.5. The van der Waals surface area contributed by atoms with Crippen molar-refractivity contribution in [1.29, 1.82) is 0 Å². The van der Waals surface area contributed by atoms with Gasteiger partial charge in [-0.25, -0.2) is 22.5 Å². The van der Waals surface area contributed by atoms with Crippen molar-refractivity contribution < 1.29 is 36.7 Å². The summed E-state index contributed by atoms with van der Waals surface area (Å²) in [4.78, 5) is 42.5. The number of amides is 1. The van der Waals surface area contributed by atoms with E-state index in [0.29, 0.717) is 44.3 Å². The maximum Gasteiger partial charge on any atom is 0.293 e. The van der Waals surface area contributed by atoms with Crippen molar-refractivity contribution in [3.05, 3.63) is 123 Å². The molecule has 0 spiro atoms. The highest BCUT2D eigenvalue weighted by Gasteiger charge is 2.31. The molecule has 1 aliphatic carbocycles. The Morgan fingerprint density at radius 1 is 1.05 bits per heavy atom. The van der Waals surface area contributed by atoms with Crippen LogP contribution in [0.25, 0.3) is 27.9 Å². The number of nitro benzene ring substituents is 1. The molecule has 2 aliphatic heterocycles. The lowest BCUT2D eigenvalue weighted by molar-refractivity contribution is -0.384. The highest BCUT2D eigenvalue weighted by atomic mass is 32.2. The van der Waals surface area contributed by atoms with Crippen LogP contribution in [0.4, 0.5) is 21.5 Å². The van der Waals surface area contributed by atoms with Gasteiger partial charge in [-0.05, 0) is 84.8 Å². The first kappa shape index (κ1) is 44.9. The predicted molar refractivity (Wildman–Crippen MR) is 250 cm³/mol. The minimum Gasteiger partial charge on any atom is -0.455 e. The standard InChI is InChI=1S/C47H49FN8O8S2/c1-47(2)11-9-31(39(23-47)44-20-32(29-65-44)40-7-3-33(48)24-50-40)27-54-13-15-55(16-14-54)34-4-6-38(43(21-34)64-35-19-30-10-12-49-45(30)52-25-35)46(57)53-66(60,61)37-5-8-41(42(22-37)56(58)59)51-26-36-28-62-17-18-63-36/h3-8,10,12,19-22,24-25,29,36,51H,9,11,13-18,23,26-28H2,1-2H3,(H,49,52)(H,53,57)/t36-/m0/s1. The van der Waals surface area contributed by atoms with Crippen LogP contribution in [0.15, 0.2) is 101 Å². The second-order valence-corrected chi connectivity index (χ2v) is 20.0. The van der Waals surface area contributed by atoms with Crippen molar-refractivity contribution in [1.82, 2.24) is 24.6 Å². The SMILES string of the molecule is CC1(C)CCC(CN2CCN(c3ccc(C(=O)NS(=O)(=O)c4ccc(NC[C@H]5COCCO5)c([N+](=O)[O-])c4)c(Oc4cnc5[nH]ccc5c4)c3)CC2)=C(c2cc(-c3ccc(F)cn3)cs2)C1. The van der Waals surface area contributed by atoms with Crippen molar-refractivity contribution in [2.24, 2.45) is 5.41 Å². The predicted octanol–water partition coefficient (Wildman–Crippen LogP) is 8.26. The third-order valence-electron chi connectivity index (χ3n) is 12.2. The van der Waals surface area contributed by atoms with Gasteiger partial charge in [-0.2, -0.15) is 0 Å². The van der Waals surface area contributed by atoms with Gasteiger partial charge in [-0.3, -0.25) is 24.8 Å². The van der Waals surface area contributed by atoms with Crippen molar-refractivity contribution in [3.63, 3.8) is 0 Å². The van der Waals surface area contributed by atoms with E-state index in [1.54, 1.807) is 41.8 Å². The summed E-state index contributed by atoms with van der Waals surface area (Å²) in [5.41, 5.74) is 5.67. The number of carbonyl (C=O) groups is 1. The van der Waals surface area contributed by atoms with E-state index < -0.39 is 31.4 Å². The van der Waals surface area contributed by atoms with Gasteiger partial charge in [0.15, 0.2) is 0 Å². The van der Waals surface area contributed by atoms with Crippen molar-refractivity contribution in [3.8, 4) is 22.8 Å². The van der Waals surface area contributed by atoms with E-state index in [0.717, 1.165) is 67.3 Å². The molecule has 3 N–H and O–H groups in total. The second-order valence-electron chi connectivity index (χ2n) is 17.4. The Bertz CT molecular complexity index is 2910. The fourth-order valence-electron chi connectivity index (χ4n) is 8.55. The van der Waals surface area contributed by atoms with Gasteiger partial charge in [0.25, 0.3) is 21.6 Å². The molecule has 2 aromatic carbocycles. The molecule has 1 amide bonds. The number of fused-ring (bicyclic) bond motifs is 1. The van der Waals surface area contributed by atoms with Crippen LogP contribution in [-0.4, -0.2) is 104 Å². The average molecular weight is 937 g/mol. The van der Waals surface area contributed by atoms with E-state index in [4.69, 9.17) is 14.2 Å². The number of nitrogens with one attached hydrogen (secondary N) is 3. The lowest BCUT2D eigenvalue weighted by Crippen LogP contribution is -2.47. The highest BCUT2D eigenvalue weighted by molar-refractivity contribution is 7.90. The van der Waals surface area contributed by atoms with Crippen LogP contribution in [-0.2, 0) is 19.5 Å². The first-order valence-corrected chi connectivity index (χ1v) is 24.1. The molecule has 0 bridgehead atoms. The Morgan fingerprint density at radius 3 is 2.67 bits per heavy atom. The molecule has 4 aromatic heterocycles. The Labute approximate surface area is 385 Å². The van der Waals surface area contributed by atoms with E-state index in [-0.39, 0.29) is 40.9 Å². The number of allylic oxidation sites excluding steroid dienone is 1. The van der Waals surface area contributed by atoms with E-state index in [1.165, 1.54) is 52.7 Å². The van der Waals surface area contributed by atoms with Gasteiger partial charge in [0.2, 0.25) is 0 Å². The molecule has 6 heterocycles. The van der Waals surface area contributed by atoms with Crippen molar-refractivity contribution >= 4 is 60.9 Å². The molecule has 0 saturated carbocycles. The second kappa shape index (κ2) is 18.9. The number of aromatic nitrogens is 3. The van der Waals surface area contributed by atoms with Gasteiger partial charge in [0.05, 0.1) is 59.4 Å².